The smallest absolute Gasteiger partial charge is 0.408 e. The molecule has 1 aromatic rings. The van der Waals surface area contributed by atoms with E-state index in [1.54, 1.807) is 6.07 Å². The molecule has 6 heteroatoms. The van der Waals surface area contributed by atoms with Gasteiger partial charge in [-0.3, -0.25) is 4.90 Å². The summed E-state index contributed by atoms with van der Waals surface area (Å²) in [4.78, 5) is 15.4. The molecule has 2 aliphatic rings. The van der Waals surface area contributed by atoms with Crippen molar-refractivity contribution in [2.75, 3.05) is 18.0 Å². The first-order chi connectivity index (χ1) is 11.2. The highest BCUT2D eigenvalue weighted by molar-refractivity contribution is 5.67. The molecule has 5 nitrogen and oxygen atoms in total. The van der Waals surface area contributed by atoms with Crippen LogP contribution in [0.25, 0.3) is 0 Å². The summed E-state index contributed by atoms with van der Waals surface area (Å²) in [6.45, 7) is 9.05. The molecule has 1 amide bonds. The van der Waals surface area contributed by atoms with E-state index in [1.807, 2.05) is 27.7 Å². The fourth-order valence-electron chi connectivity index (χ4n) is 3.90. The van der Waals surface area contributed by atoms with Crippen LogP contribution < -0.4 is 9.64 Å². The van der Waals surface area contributed by atoms with Gasteiger partial charge in [0.2, 0.25) is 0 Å². The van der Waals surface area contributed by atoms with Gasteiger partial charge in [0, 0.05) is 36.3 Å². The maximum atomic E-state index is 14.0. The number of nitrogens with zero attached hydrogens (tertiary/aromatic N) is 2. The standard InChI is InChI=1S/C18H25FN2O3/c1-11-9-13-15(6-5-14(19)16(13)24-11)20-8-7-12(10-20)21(17(22)23)18(2,3)4/h5-6,11-12H,7-10H2,1-4H3,(H,22,23)/t11?,12-/m0/s1. The third-order valence-corrected chi connectivity index (χ3v) is 4.80. The van der Waals surface area contributed by atoms with E-state index in [0.29, 0.717) is 18.7 Å². The van der Waals surface area contributed by atoms with Crippen LogP contribution in [-0.4, -0.2) is 46.9 Å². The van der Waals surface area contributed by atoms with Gasteiger partial charge in [0.05, 0.1) is 6.04 Å². The Morgan fingerprint density at radius 3 is 2.75 bits per heavy atom. The van der Waals surface area contributed by atoms with Crippen LogP contribution in [0.2, 0.25) is 0 Å². The van der Waals surface area contributed by atoms with Gasteiger partial charge in [0.1, 0.15) is 6.10 Å². The summed E-state index contributed by atoms with van der Waals surface area (Å²) >= 11 is 0. The van der Waals surface area contributed by atoms with Crippen molar-refractivity contribution in [2.45, 2.75) is 58.2 Å². The molecule has 0 saturated carbocycles. The van der Waals surface area contributed by atoms with Gasteiger partial charge in [0.25, 0.3) is 0 Å². The van der Waals surface area contributed by atoms with E-state index in [9.17, 15) is 14.3 Å². The zero-order chi connectivity index (χ0) is 17.6. The summed E-state index contributed by atoms with van der Waals surface area (Å²) in [7, 11) is 0. The van der Waals surface area contributed by atoms with Crippen LogP contribution in [0.4, 0.5) is 14.9 Å². The molecule has 1 saturated heterocycles. The average molecular weight is 336 g/mol. The van der Waals surface area contributed by atoms with Gasteiger partial charge in [0.15, 0.2) is 11.6 Å². The summed E-state index contributed by atoms with van der Waals surface area (Å²) in [6.07, 6.45) is 0.534. The second-order valence-corrected chi connectivity index (χ2v) is 7.72. The molecule has 1 N–H and O–H groups in total. The predicted octanol–water partition coefficient (Wildman–Crippen LogP) is 3.51. The molecule has 132 valence electrons. The normalized spacial score (nSPS) is 23.1. The van der Waals surface area contributed by atoms with Gasteiger partial charge in [-0.25, -0.2) is 9.18 Å². The van der Waals surface area contributed by atoms with Crippen molar-refractivity contribution < 1.29 is 19.0 Å². The largest absolute Gasteiger partial charge is 0.487 e. The number of ether oxygens (including phenoxy) is 1. The number of benzene rings is 1. The van der Waals surface area contributed by atoms with Crippen molar-refractivity contribution in [2.24, 2.45) is 0 Å². The third kappa shape index (κ3) is 2.89. The van der Waals surface area contributed by atoms with Gasteiger partial charge in [-0.05, 0) is 46.2 Å². The van der Waals surface area contributed by atoms with Gasteiger partial charge in [-0.15, -0.1) is 0 Å². The lowest BCUT2D eigenvalue weighted by Crippen LogP contribution is -2.52. The number of rotatable bonds is 2. The Hall–Kier alpha value is -1.98. The summed E-state index contributed by atoms with van der Waals surface area (Å²) < 4.78 is 19.6. The van der Waals surface area contributed by atoms with E-state index in [4.69, 9.17) is 4.74 Å². The van der Waals surface area contributed by atoms with E-state index in [0.717, 1.165) is 24.2 Å². The van der Waals surface area contributed by atoms with E-state index >= 15 is 0 Å². The Kier molecular flexibility index (Phi) is 4.10. The minimum atomic E-state index is -0.893. The molecule has 0 spiro atoms. The zero-order valence-electron chi connectivity index (χ0n) is 14.7. The van der Waals surface area contributed by atoms with Gasteiger partial charge in [-0.1, -0.05) is 0 Å². The van der Waals surface area contributed by atoms with Crippen molar-refractivity contribution in [3.8, 4) is 5.75 Å². The highest BCUT2D eigenvalue weighted by atomic mass is 19.1. The summed E-state index contributed by atoms with van der Waals surface area (Å²) in [5, 5.41) is 9.59. The van der Waals surface area contributed by atoms with E-state index in [1.165, 1.54) is 11.0 Å². The SMILES string of the molecule is CC1Cc2c(N3CC[C@H](N(C(=O)O)C(C)(C)C)C3)ccc(F)c2O1. The number of amides is 1. The molecular weight excluding hydrogens is 311 g/mol. The number of carbonyl (C=O) groups is 1. The second kappa shape index (κ2) is 5.83. The molecule has 24 heavy (non-hydrogen) atoms. The molecular formula is C18H25FN2O3. The number of hydrogen-bond acceptors (Lipinski definition) is 3. The van der Waals surface area contributed by atoms with Gasteiger partial charge in [-0.2, -0.15) is 0 Å². The maximum absolute atomic E-state index is 14.0. The van der Waals surface area contributed by atoms with Crippen LogP contribution in [-0.2, 0) is 6.42 Å². The van der Waals surface area contributed by atoms with Crippen molar-refractivity contribution in [1.82, 2.24) is 4.90 Å². The minimum absolute atomic E-state index is 0.0286. The van der Waals surface area contributed by atoms with Crippen molar-refractivity contribution in [3.63, 3.8) is 0 Å². The highest BCUT2D eigenvalue weighted by Crippen LogP contribution is 2.40. The molecule has 2 atom stereocenters. The number of hydrogen-bond donors (Lipinski definition) is 1. The van der Waals surface area contributed by atoms with Crippen LogP contribution in [0.15, 0.2) is 12.1 Å². The first-order valence-corrected chi connectivity index (χ1v) is 8.43. The van der Waals surface area contributed by atoms with E-state index in [-0.39, 0.29) is 18.0 Å². The number of carboxylic acid groups (broad SMARTS) is 1. The maximum Gasteiger partial charge on any atom is 0.408 e. The molecule has 0 aromatic heterocycles. The molecule has 2 aliphatic heterocycles. The quantitative estimate of drug-likeness (QED) is 0.898. The Bertz CT molecular complexity index is 656. The Labute approximate surface area is 142 Å². The number of halogens is 1. The van der Waals surface area contributed by atoms with Crippen molar-refractivity contribution in [3.05, 3.63) is 23.5 Å². The highest BCUT2D eigenvalue weighted by Gasteiger charge is 2.38. The first-order valence-electron chi connectivity index (χ1n) is 8.43. The lowest BCUT2D eigenvalue weighted by Gasteiger charge is -2.38. The summed E-state index contributed by atoms with van der Waals surface area (Å²) in [5.74, 6) is 0.0325. The summed E-state index contributed by atoms with van der Waals surface area (Å²) in [6, 6.07) is 3.17. The Morgan fingerprint density at radius 2 is 2.12 bits per heavy atom. The molecule has 2 heterocycles. The van der Waals surface area contributed by atoms with Gasteiger partial charge >= 0.3 is 6.09 Å². The van der Waals surface area contributed by atoms with Crippen LogP contribution >= 0.6 is 0 Å². The van der Waals surface area contributed by atoms with Crippen molar-refractivity contribution >= 4 is 11.8 Å². The number of fused-ring (bicyclic) bond motifs is 1. The molecule has 1 aromatic carbocycles. The summed E-state index contributed by atoms with van der Waals surface area (Å²) in [5.41, 5.74) is 1.42. The monoisotopic (exact) mass is 336 g/mol. The molecule has 3 rings (SSSR count). The van der Waals surface area contributed by atoms with E-state index < -0.39 is 11.6 Å². The lowest BCUT2D eigenvalue weighted by molar-refractivity contribution is 0.0763. The molecule has 0 radical (unpaired) electrons. The van der Waals surface area contributed by atoms with Gasteiger partial charge < -0.3 is 14.7 Å². The van der Waals surface area contributed by atoms with Crippen LogP contribution in [0.5, 0.6) is 5.75 Å². The first kappa shape index (κ1) is 16.9. The Morgan fingerprint density at radius 1 is 1.42 bits per heavy atom. The molecule has 1 fully saturated rings. The van der Waals surface area contributed by atoms with Crippen molar-refractivity contribution in [1.29, 1.82) is 0 Å². The van der Waals surface area contributed by atoms with Crippen LogP contribution in [0.3, 0.4) is 0 Å². The third-order valence-electron chi connectivity index (χ3n) is 4.80. The fourth-order valence-corrected chi connectivity index (χ4v) is 3.90. The second-order valence-electron chi connectivity index (χ2n) is 7.72. The minimum Gasteiger partial charge on any atom is -0.487 e. The average Bonchev–Trinajstić information content (AvgIpc) is 3.04. The predicted molar refractivity (Wildman–Crippen MR) is 90.4 cm³/mol. The molecule has 0 bridgehead atoms. The lowest BCUT2D eigenvalue weighted by atomic mass is 10.0. The molecule has 1 unspecified atom stereocenters. The Balaban J connectivity index is 1.85. The zero-order valence-corrected chi connectivity index (χ0v) is 14.7. The molecule has 0 aliphatic carbocycles. The van der Waals surface area contributed by atoms with Crippen LogP contribution in [0.1, 0.15) is 39.7 Å². The van der Waals surface area contributed by atoms with Crippen LogP contribution in [0, 0.1) is 5.82 Å². The fraction of sp³-hybridized carbons (Fsp3) is 0.611. The topological polar surface area (TPSA) is 53.0 Å². The van der Waals surface area contributed by atoms with E-state index in [2.05, 4.69) is 4.90 Å². The number of anilines is 1.